The van der Waals surface area contributed by atoms with Crippen LogP contribution in [0.3, 0.4) is 0 Å². The fourth-order valence-corrected chi connectivity index (χ4v) is 4.83. The van der Waals surface area contributed by atoms with Crippen LogP contribution in [0.4, 0.5) is 0 Å². The normalized spacial score (nSPS) is 17.2. The summed E-state index contributed by atoms with van der Waals surface area (Å²) >= 11 is 1.48. The number of hydrogen-bond donors (Lipinski definition) is 1. The van der Waals surface area contributed by atoms with Crippen LogP contribution in [0.1, 0.15) is 48.9 Å². The molecule has 136 valence electrons. The van der Waals surface area contributed by atoms with E-state index in [9.17, 15) is 14.7 Å². The van der Waals surface area contributed by atoms with Crippen LogP contribution in [0.15, 0.2) is 4.79 Å². The van der Waals surface area contributed by atoms with Gasteiger partial charge in [-0.3, -0.25) is 14.2 Å². The third-order valence-electron chi connectivity index (χ3n) is 4.63. The Morgan fingerprint density at radius 3 is 2.88 bits per heavy atom. The van der Waals surface area contributed by atoms with Crippen LogP contribution in [-0.4, -0.2) is 34.3 Å². The van der Waals surface area contributed by atoms with Gasteiger partial charge in [0.2, 0.25) is 0 Å². The molecule has 3 rings (SSSR count). The van der Waals surface area contributed by atoms with Crippen molar-refractivity contribution in [2.45, 2.75) is 52.0 Å². The molecule has 1 unspecified atom stereocenters. The zero-order valence-electron chi connectivity index (χ0n) is 14.9. The van der Waals surface area contributed by atoms with E-state index < -0.39 is 11.9 Å². The summed E-state index contributed by atoms with van der Waals surface area (Å²) < 4.78 is 6.87. The van der Waals surface area contributed by atoms with E-state index in [0.29, 0.717) is 47.7 Å². The van der Waals surface area contributed by atoms with Gasteiger partial charge in [-0.1, -0.05) is 13.8 Å². The molecular weight excluding hydrogens is 340 g/mol. The summed E-state index contributed by atoms with van der Waals surface area (Å²) in [7, 11) is 1.63. The summed E-state index contributed by atoms with van der Waals surface area (Å²) in [5, 5.41) is 10.1. The molecule has 0 bridgehead atoms. The topological polar surface area (TPSA) is 81.4 Å². The molecule has 25 heavy (non-hydrogen) atoms. The second-order valence-electron chi connectivity index (χ2n) is 6.98. The smallest absolute Gasteiger partial charge is 0.311 e. The standard InChI is InChI=1S/C18H24N2O4S/c1-10(2)9-20-13(7-8-24-3)19-16-15(17(20)21)14-11(18(22)23)5-4-6-12(14)25-16/h10-11H,4-9H2,1-3H3,(H,22,23). The fourth-order valence-electron chi connectivity index (χ4n) is 3.54. The molecule has 0 aliphatic heterocycles. The van der Waals surface area contributed by atoms with E-state index in [0.717, 1.165) is 23.5 Å². The minimum atomic E-state index is -0.848. The molecule has 2 heterocycles. The van der Waals surface area contributed by atoms with Crippen molar-refractivity contribution in [2.24, 2.45) is 5.92 Å². The monoisotopic (exact) mass is 364 g/mol. The Balaban J connectivity index is 2.25. The zero-order chi connectivity index (χ0) is 18.1. The molecule has 0 fully saturated rings. The molecule has 0 radical (unpaired) electrons. The lowest BCUT2D eigenvalue weighted by molar-refractivity contribution is -0.139. The lowest BCUT2D eigenvalue weighted by Gasteiger charge is -2.19. The number of fused-ring (bicyclic) bond motifs is 3. The number of methoxy groups -OCH3 is 1. The van der Waals surface area contributed by atoms with Gasteiger partial charge in [0.05, 0.1) is 17.9 Å². The molecule has 1 aliphatic carbocycles. The number of carbonyl (C=O) groups is 1. The first kappa shape index (κ1) is 18.1. The lowest BCUT2D eigenvalue weighted by Crippen LogP contribution is -2.29. The predicted octanol–water partition coefficient (Wildman–Crippen LogP) is 2.81. The number of carboxylic acid groups (broad SMARTS) is 1. The Morgan fingerprint density at radius 2 is 2.24 bits per heavy atom. The SMILES string of the molecule is COCCc1nc2sc3c(c2c(=O)n1CC(C)C)C(C(=O)O)CCC3. The maximum absolute atomic E-state index is 13.2. The predicted molar refractivity (Wildman–Crippen MR) is 97.6 cm³/mol. The molecule has 7 heteroatoms. The largest absolute Gasteiger partial charge is 0.481 e. The maximum atomic E-state index is 13.2. The van der Waals surface area contributed by atoms with Crippen molar-refractivity contribution < 1.29 is 14.6 Å². The Hall–Kier alpha value is -1.73. The number of nitrogens with zero attached hydrogens (tertiary/aromatic N) is 2. The van der Waals surface area contributed by atoms with Crippen LogP contribution in [0.25, 0.3) is 10.2 Å². The van der Waals surface area contributed by atoms with E-state index in [1.807, 2.05) is 0 Å². The van der Waals surface area contributed by atoms with Gasteiger partial charge in [-0.15, -0.1) is 11.3 Å². The number of rotatable bonds is 6. The average Bonchev–Trinajstić information content (AvgIpc) is 2.93. The highest BCUT2D eigenvalue weighted by molar-refractivity contribution is 7.18. The second-order valence-corrected chi connectivity index (χ2v) is 8.07. The molecular formula is C18H24N2O4S. The highest BCUT2D eigenvalue weighted by Gasteiger charge is 2.32. The maximum Gasteiger partial charge on any atom is 0.311 e. The molecule has 0 saturated carbocycles. The van der Waals surface area contributed by atoms with Crippen LogP contribution in [0.5, 0.6) is 0 Å². The van der Waals surface area contributed by atoms with Gasteiger partial charge in [0.1, 0.15) is 10.7 Å². The Bertz CT molecular complexity index is 853. The molecule has 0 saturated heterocycles. The summed E-state index contributed by atoms with van der Waals surface area (Å²) in [5.74, 6) is -0.426. The lowest BCUT2D eigenvalue weighted by atomic mass is 9.86. The number of carboxylic acids is 1. The number of hydrogen-bond acceptors (Lipinski definition) is 5. The first-order valence-corrected chi connectivity index (χ1v) is 9.52. The van der Waals surface area contributed by atoms with E-state index in [4.69, 9.17) is 9.72 Å². The van der Waals surface area contributed by atoms with Gasteiger partial charge in [-0.25, -0.2) is 4.98 Å². The molecule has 1 aliphatic rings. The Kier molecular flexibility index (Phi) is 5.24. The zero-order valence-corrected chi connectivity index (χ0v) is 15.7. The average molecular weight is 364 g/mol. The highest BCUT2D eigenvalue weighted by atomic mass is 32.1. The van der Waals surface area contributed by atoms with Crippen LogP contribution in [0, 0.1) is 5.92 Å². The number of ether oxygens (including phenoxy) is 1. The van der Waals surface area contributed by atoms with E-state index >= 15 is 0 Å². The number of aryl methyl sites for hydroxylation is 1. The second kappa shape index (κ2) is 7.25. The molecule has 2 aromatic rings. The van der Waals surface area contributed by atoms with Gasteiger partial charge < -0.3 is 9.84 Å². The van der Waals surface area contributed by atoms with Crippen molar-refractivity contribution in [1.29, 1.82) is 0 Å². The van der Waals surface area contributed by atoms with Crippen molar-refractivity contribution in [3.63, 3.8) is 0 Å². The number of thiophene rings is 1. The molecule has 0 spiro atoms. The van der Waals surface area contributed by atoms with Gasteiger partial charge in [0.15, 0.2) is 0 Å². The molecule has 0 amide bonds. The molecule has 2 aromatic heterocycles. The summed E-state index contributed by atoms with van der Waals surface area (Å²) in [4.78, 5) is 31.4. The van der Waals surface area contributed by atoms with Crippen molar-refractivity contribution in [2.75, 3.05) is 13.7 Å². The minimum absolute atomic E-state index is 0.101. The van der Waals surface area contributed by atoms with Crippen LogP contribution in [0.2, 0.25) is 0 Å². The Morgan fingerprint density at radius 1 is 1.48 bits per heavy atom. The van der Waals surface area contributed by atoms with Gasteiger partial charge >= 0.3 is 5.97 Å². The van der Waals surface area contributed by atoms with Gasteiger partial charge in [0, 0.05) is 25.0 Å². The summed E-state index contributed by atoms with van der Waals surface area (Å²) in [6, 6.07) is 0. The van der Waals surface area contributed by atoms with Crippen LogP contribution in [-0.2, 0) is 28.9 Å². The minimum Gasteiger partial charge on any atom is -0.481 e. The summed E-state index contributed by atoms with van der Waals surface area (Å²) in [5.41, 5.74) is 0.613. The first-order valence-electron chi connectivity index (χ1n) is 8.70. The van der Waals surface area contributed by atoms with E-state index in [-0.39, 0.29) is 5.56 Å². The molecule has 1 atom stereocenters. The van der Waals surface area contributed by atoms with E-state index in [2.05, 4.69) is 13.8 Å². The van der Waals surface area contributed by atoms with Gasteiger partial charge in [0.25, 0.3) is 5.56 Å². The van der Waals surface area contributed by atoms with Crippen molar-refractivity contribution in [3.8, 4) is 0 Å². The van der Waals surface area contributed by atoms with E-state index in [1.54, 1.807) is 11.7 Å². The van der Waals surface area contributed by atoms with Crippen molar-refractivity contribution in [3.05, 3.63) is 26.6 Å². The van der Waals surface area contributed by atoms with Crippen molar-refractivity contribution in [1.82, 2.24) is 9.55 Å². The van der Waals surface area contributed by atoms with Gasteiger partial charge in [-0.2, -0.15) is 0 Å². The summed E-state index contributed by atoms with van der Waals surface area (Å²) in [6.45, 7) is 5.18. The number of aromatic nitrogens is 2. The van der Waals surface area contributed by atoms with E-state index in [1.165, 1.54) is 11.3 Å². The quantitative estimate of drug-likeness (QED) is 0.852. The molecule has 0 aromatic carbocycles. The molecule has 1 N–H and O–H groups in total. The third-order valence-corrected chi connectivity index (χ3v) is 5.78. The summed E-state index contributed by atoms with van der Waals surface area (Å²) in [6.07, 6.45) is 2.83. The van der Waals surface area contributed by atoms with Crippen molar-refractivity contribution >= 4 is 27.5 Å². The molecule has 6 nitrogen and oxygen atoms in total. The van der Waals surface area contributed by atoms with Crippen LogP contribution >= 0.6 is 11.3 Å². The Labute approximate surface area is 150 Å². The highest BCUT2D eigenvalue weighted by Crippen LogP contribution is 2.40. The third kappa shape index (κ3) is 3.35. The number of aliphatic carboxylic acids is 1. The van der Waals surface area contributed by atoms with Crippen LogP contribution < -0.4 is 5.56 Å². The first-order chi connectivity index (χ1) is 11.9. The van der Waals surface area contributed by atoms with Gasteiger partial charge in [-0.05, 0) is 30.7 Å². The fraction of sp³-hybridized carbons (Fsp3) is 0.611.